The highest BCUT2D eigenvalue weighted by Crippen LogP contribution is 2.24. The van der Waals surface area contributed by atoms with Gasteiger partial charge < -0.3 is 15.4 Å². The molecule has 0 radical (unpaired) electrons. The van der Waals surface area contributed by atoms with Crippen LogP contribution >= 0.6 is 0 Å². The Kier molecular flexibility index (Phi) is 5.77. The number of hydrogen-bond donors (Lipinski definition) is 2. The van der Waals surface area contributed by atoms with Crippen LogP contribution in [0.5, 0.6) is 5.75 Å². The number of nitrogens with zero attached hydrogens (tertiary/aromatic N) is 1. The summed E-state index contributed by atoms with van der Waals surface area (Å²) < 4.78 is 5.50. The minimum Gasteiger partial charge on any atom is -0.492 e. The van der Waals surface area contributed by atoms with E-state index in [0.29, 0.717) is 23.7 Å². The molecule has 1 heterocycles. The van der Waals surface area contributed by atoms with Crippen molar-refractivity contribution in [3.8, 4) is 5.75 Å². The number of anilines is 2. The van der Waals surface area contributed by atoms with Gasteiger partial charge in [-0.15, -0.1) is 0 Å². The molecule has 0 spiro atoms. The maximum absolute atomic E-state index is 12.3. The van der Waals surface area contributed by atoms with Crippen molar-refractivity contribution >= 4 is 17.3 Å². The van der Waals surface area contributed by atoms with Gasteiger partial charge in [0.25, 0.3) is 5.91 Å². The number of benzene rings is 1. The zero-order chi connectivity index (χ0) is 15.8. The highest BCUT2D eigenvalue weighted by Gasteiger charge is 2.11. The quantitative estimate of drug-likeness (QED) is 0.820. The first kappa shape index (κ1) is 15.8. The number of aromatic nitrogens is 1. The fourth-order valence-electron chi connectivity index (χ4n) is 1.97. The molecule has 2 N–H and O–H groups in total. The zero-order valence-corrected chi connectivity index (χ0v) is 12.9. The summed E-state index contributed by atoms with van der Waals surface area (Å²) in [6, 6.07) is 10.9. The number of hydrogen-bond acceptors (Lipinski definition) is 4. The van der Waals surface area contributed by atoms with E-state index in [2.05, 4.69) is 22.5 Å². The Morgan fingerprint density at radius 1 is 1.23 bits per heavy atom. The average Bonchev–Trinajstić information content (AvgIpc) is 2.55. The van der Waals surface area contributed by atoms with Gasteiger partial charge in [0.1, 0.15) is 11.4 Å². The highest BCUT2D eigenvalue weighted by atomic mass is 16.5. The van der Waals surface area contributed by atoms with Gasteiger partial charge in [-0.2, -0.15) is 0 Å². The lowest BCUT2D eigenvalue weighted by atomic mass is 10.2. The van der Waals surface area contributed by atoms with Crippen molar-refractivity contribution in [3.05, 3.63) is 48.3 Å². The van der Waals surface area contributed by atoms with Crippen molar-refractivity contribution in [1.82, 2.24) is 4.98 Å². The Morgan fingerprint density at radius 3 is 2.82 bits per heavy atom. The molecule has 1 amide bonds. The molecular weight excluding hydrogens is 278 g/mol. The SMILES string of the molecule is CCCNc1ccnc(C(=O)Nc2ccccc2OCC)c1. The van der Waals surface area contributed by atoms with Crippen molar-refractivity contribution in [3.63, 3.8) is 0 Å². The fourth-order valence-corrected chi connectivity index (χ4v) is 1.97. The van der Waals surface area contributed by atoms with E-state index in [1.807, 2.05) is 37.3 Å². The smallest absolute Gasteiger partial charge is 0.274 e. The molecule has 2 aromatic rings. The maximum atomic E-state index is 12.3. The molecule has 116 valence electrons. The summed E-state index contributed by atoms with van der Waals surface area (Å²) in [7, 11) is 0. The van der Waals surface area contributed by atoms with Crippen molar-refractivity contribution in [2.75, 3.05) is 23.8 Å². The largest absolute Gasteiger partial charge is 0.492 e. The Bertz CT molecular complexity index is 629. The number of amides is 1. The van der Waals surface area contributed by atoms with Gasteiger partial charge in [-0.3, -0.25) is 9.78 Å². The molecule has 1 aromatic heterocycles. The minimum atomic E-state index is -0.257. The van der Waals surface area contributed by atoms with E-state index in [1.165, 1.54) is 0 Å². The third-order valence-electron chi connectivity index (χ3n) is 3.01. The molecule has 5 nitrogen and oxygen atoms in total. The third kappa shape index (κ3) is 4.22. The van der Waals surface area contributed by atoms with Crippen LogP contribution in [0.1, 0.15) is 30.8 Å². The van der Waals surface area contributed by atoms with Gasteiger partial charge in [-0.05, 0) is 37.6 Å². The van der Waals surface area contributed by atoms with E-state index in [4.69, 9.17) is 4.74 Å². The topological polar surface area (TPSA) is 63.2 Å². The predicted molar refractivity (Wildman–Crippen MR) is 88.6 cm³/mol. The predicted octanol–water partition coefficient (Wildman–Crippen LogP) is 3.55. The molecule has 0 unspecified atom stereocenters. The number of nitrogens with one attached hydrogen (secondary N) is 2. The monoisotopic (exact) mass is 299 g/mol. The van der Waals surface area contributed by atoms with Crippen molar-refractivity contribution in [2.45, 2.75) is 20.3 Å². The maximum Gasteiger partial charge on any atom is 0.274 e. The lowest BCUT2D eigenvalue weighted by Gasteiger charge is -2.11. The molecule has 0 saturated carbocycles. The summed E-state index contributed by atoms with van der Waals surface area (Å²) in [6.45, 7) is 5.40. The van der Waals surface area contributed by atoms with Gasteiger partial charge >= 0.3 is 0 Å². The van der Waals surface area contributed by atoms with Crippen molar-refractivity contribution in [2.24, 2.45) is 0 Å². The first-order valence-electron chi connectivity index (χ1n) is 7.47. The highest BCUT2D eigenvalue weighted by molar-refractivity contribution is 6.04. The fraction of sp³-hybridized carbons (Fsp3) is 0.294. The van der Waals surface area contributed by atoms with Crippen LogP contribution in [0.4, 0.5) is 11.4 Å². The molecule has 0 fully saturated rings. The van der Waals surface area contributed by atoms with Crippen molar-refractivity contribution < 1.29 is 9.53 Å². The standard InChI is InChI=1S/C17H21N3O2/c1-3-10-18-13-9-11-19-15(12-13)17(21)20-14-7-5-6-8-16(14)22-4-2/h5-9,11-12H,3-4,10H2,1-2H3,(H,18,19)(H,20,21). The Labute approximate surface area is 130 Å². The van der Waals surface area contributed by atoms with Crippen LogP contribution in [-0.2, 0) is 0 Å². The van der Waals surface area contributed by atoms with Crippen LogP contribution in [-0.4, -0.2) is 24.0 Å². The van der Waals surface area contributed by atoms with Gasteiger partial charge in [0, 0.05) is 18.4 Å². The van der Waals surface area contributed by atoms with E-state index in [9.17, 15) is 4.79 Å². The number of carbonyl (C=O) groups is 1. The number of pyridine rings is 1. The van der Waals surface area contributed by atoms with E-state index in [-0.39, 0.29) is 5.91 Å². The van der Waals surface area contributed by atoms with Crippen LogP contribution < -0.4 is 15.4 Å². The van der Waals surface area contributed by atoms with Gasteiger partial charge in [0.05, 0.1) is 12.3 Å². The molecule has 0 atom stereocenters. The van der Waals surface area contributed by atoms with Gasteiger partial charge in [-0.25, -0.2) is 0 Å². The van der Waals surface area contributed by atoms with Gasteiger partial charge in [0.2, 0.25) is 0 Å². The normalized spacial score (nSPS) is 10.1. The van der Waals surface area contributed by atoms with Gasteiger partial charge in [-0.1, -0.05) is 19.1 Å². The van der Waals surface area contributed by atoms with Crippen LogP contribution in [0, 0.1) is 0 Å². The molecule has 0 aliphatic heterocycles. The van der Waals surface area contributed by atoms with Crippen molar-refractivity contribution in [1.29, 1.82) is 0 Å². The van der Waals surface area contributed by atoms with Crippen LogP contribution in [0.15, 0.2) is 42.6 Å². The molecule has 0 aliphatic rings. The number of rotatable bonds is 7. The molecule has 2 rings (SSSR count). The van der Waals surface area contributed by atoms with E-state index in [0.717, 1.165) is 18.7 Å². The number of carbonyl (C=O) groups excluding carboxylic acids is 1. The van der Waals surface area contributed by atoms with Crippen LogP contribution in [0.25, 0.3) is 0 Å². The molecule has 5 heteroatoms. The Balaban J connectivity index is 2.12. The molecule has 0 aliphatic carbocycles. The van der Waals surface area contributed by atoms with Gasteiger partial charge in [0.15, 0.2) is 0 Å². The summed E-state index contributed by atoms with van der Waals surface area (Å²) in [5.41, 5.74) is 1.90. The third-order valence-corrected chi connectivity index (χ3v) is 3.01. The number of para-hydroxylation sites is 2. The summed E-state index contributed by atoms with van der Waals surface area (Å²) in [5.74, 6) is 0.394. The summed E-state index contributed by atoms with van der Waals surface area (Å²) in [5, 5.41) is 6.08. The van der Waals surface area contributed by atoms with E-state index in [1.54, 1.807) is 12.3 Å². The first-order chi connectivity index (χ1) is 10.7. The Morgan fingerprint density at radius 2 is 2.05 bits per heavy atom. The molecule has 1 aromatic carbocycles. The second-order valence-electron chi connectivity index (χ2n) is 4.74. The second kappa shape index (κ2) is 8.02. The molecule has 22 heavy (non-hydrogen) atoms. The molecular formula is C17H21N3O2. The molecule has 0 saturated heterocycles. The summed E-state index contributed by atoms with van der Waals surface area (Å²) in [4.78, 5) is 16.5. The summed E-state index contributed by atoms with van der Waals surface area (Å²) in [6.07, 6.45) is 2.65. The second-order valence-corrected chi connectivity index (χ2v) is 4.74. The summed E-state index contributed by atoms with van der Waals surface area (Å²) >= 11 is 0. The van der Waals surface area contributed by atoms with E-state index >= 15 is 0 Å². The Hall–Kier alpha value is -2.56. The first-order valence-corrected chi connectivity index (χ1v) is 7.47. The minimum absolute atomic E-state index is 0.257. The van der Waals surface area contributed by atoms with Crippen LogP contribution in [0.3, 0.4) is 0 Å². The average molecular weight is 299 g/mol. The zero-order valence-electron chi connectivity index (χ0n) is 12.9. The number of ether oxygens (including phenoxy) is 1. The lowest BCUT2D eigenvalue weighted by Crippen LogP contribution is -2.15. The molecule has 0 bridgehead atoms. The van der Waals surface area contributed by atoms with Crippen LogP contribution in [0.2, 0.25) is 0 Å². The lowest BCUT2D eigenvalue weighted by molar-refractivity contribution is 0.102. The van der Waals surface area contributed by atoms with E-state index < -0.39 is 0 Å².